The van der Waals surface area contributed by atoms with Gasteiger partial charge in [0.05, 0.1) is 11.8 Å². The van der Waals surface area contributed by atoms with E-state index in [2.05, 4.69) is 24.9 Å². The van der Waals surface area contributed by atoms with Crippen molar-refractivity contribution >= 4 is 11.6 Å². The van der Waals surface area contributed by atoms with E-state index in [1.54, 1.807) is 24.5 Å². The first-order valence-corrected chi connectivity index (χ1v) is 3.85. The molecule has 2 aromatic heterocycles. The van der Waals surface area contributed by atoms with Gasteiger partial charge in [-0.1, -0.05) is 0 Å². The molecule has 0 unspecified atom stereocenters. The van der Waals surface area contributed by atoms with Gasteiger partial charge < -0.3 is 4.52 Å². The molecule has 0 aromatic carbocycles. The van der Waals surface area contributed by atoms with Crippen molar-refractivity contribution in [1.29, 1.82) is 0 Å². The molecule has 0 fully saturated rings. The third-order valence-electron chi connectivity index (χ3n) is 1.44. The summed E-state index contributed by atoms with van der Waals surface area (Å²) >= 11 is 0. The number of azo groups is 1. The van der Waals surface area contributed by atoms with Crippen LogP contribution in [0, 0.1) is 0 Å². The molecule has 0 saturated carbocycles. The van der Waals surface area contributed by atoms with E-state index in [1.165, 1.54) is 6.07 Å². The van der Waals surface area contributed by atoms with Crippen LogP contribution in [0.1, 0.15) is 0 Å². The molecule has 14 heavy (non-hydrogen) atoms. The Morgan fingerprint density at radius 1 is 1.29 bits per heavy atom. The number of rotatable bonds is 2. The number of aromatic nitrogens is 2. The highest BCUT2D eigenvalue weighted by atomic mass is 16.5. The van der Waals surface area contributed by atoms with Gasteiger partial charge in [0.2, 0.25) is 0 Å². The lowest BCUT2D eigenvalue weighted by Crippen LogP contribution is -1.92. The lowest BCUT2D eigenvalue weighted by Gasteiger charge is -1.86. The average Bonchev–Trinajstić information content (AvgIpc) is 2.63. The van der Waals surface area contributed by atoms with Crippen molar-refractivity contribution in [3.05, 3.63) is 40.9 Å². The standard InChI is InChI=1S/C8H6N4O2/c13-7-5-8(14-12-7)11-10-6-1-3-9-4-2-6/h1-5H,(H,12,13). The summed E-state index contributed by atoms with van der Waals surface area (Å²) < 4.78 is 4.67. The Morgan fingerprint density at radius 2 is 2.07 bits per heavy atom. The van der Waals surface area contributed by atoms with E-state index in [-0.39, 0.29) is 11.4 Å². The molecule has 0 saturated heterocycles. The van der Waals surface area contributed by atoms with Crippen molar-refractivity contribution < 1.29 is 4.52 Å². The minimum atomic E-state index is -0.339. The second-order valence-electron chi connectivity index (χ2n) is 2.46. The Bertz CT molecular complexity index is 485. The first-order valence-electron chi connectivity index (χ1n) is 3.85. The normalized spacial score (nSPS) is 10.9. The maximum absolute atomic E-state index is 10.6. The van der Waals surface area contributed by atoms with Gasteiger partial charge >= 0.3 is 0 Å². The van der Waals surface area contributed by atoms with Crippen LogP contribution in [-0.2, 0) is 0 Å². The lowest BCUT2D eigenvalue weighted by molar-refractivity contribution is 0.421. The predicted molar refractivity (Wildman–Crippen MR) is 47.7 cm³/mol. The topological polar surface area (TPSA) is 83.6 Å². The number of hydrogen-bond acceptors (Lipinski definition) is 5. The van der Waals surface area contributed by atoms with Crippen LogP contribution in [-0.4, -0.2) is 10.1 Å². The summed E-state index contributed by atoms with van der Waals surface area (Å²) in [6.07, 6.45) is 3.20. The zero-order chi connectivity index (χ0) is 9.80. The summed E-state index contributed by atoms with van der Waals surface area (Å²) in [7, 11) is 0. The molecule has 2 heterocycles. The van der Waals surface area contributed by atoms with Crippen molar-refractivity contribution in [3.8, 4) is 0 Å². The second-order valence-corrected chi connectivity index (χ2v) is 2.46. The molecule has 0 amide bonds. The molecule has 70 valence electrons. The Hall–Kier alpha value is -2.24. The molecule has 0 bridgehead atoms. The van der Waals surface area contributed by atoms with Gasteiger partial charge in [0.15, 0.2) is 0 Å². The zero-order valence-electron chi connectivity index (χ0n) is 7.04. The van der Waals surface area contributed by atoms with Crippen LogP contribution in [0.25, 0.3) is 0 Å². The van der Waals surface area contributed by atoms with E-state index in [0.29, 0.717) is 5.69 Å². The molecule has 0 radical (unpaired) electrons. The molecule has 1 N–H and O–H groups in total. The first kappa shape index (κ1) is 8.36. The Labute approximate surface area is 78.3 Å². The summed E-state index contributed by atoms with van der Waals surface area (Å²) in [6, 6.07) is 4.59. The van der Waals surface area contributed by atoms with Gasteiger partial charge in [-0.3, -0.25) is 9.78 Å². The van der Waals surface area contributed by atoms with Gasteiger partial charge in [0.1, 0.15) is 0 Å². The summed E-state index contributed by atoms with van der Waals surface area (Å²) in [5.41, 5.74) is 0.303. The van der Waals surface area contributed by atoms with Gasteiger partial charge in [0.25, 0.3) is 11.4 Å². The van der Waals surface area contributed by atoms with Crippen LogP contribution < -0.4 is 5.56 Å². The molecular formula is C8H6N4O2. The van der Waals surface area contributed by atoms with Crippen molar-refractivity contribution in [2.75, 3.05) is 0 Å². The molecule has 6 heteroatoms. The molecule has 6 nitrogen and oxygen atoms in total. The number of hydrogen-bond donors (Lipinski definition) is 1. The number of aromatic amines is 1. The van der Waals surface area contributed by atoms with E-state index >= 15 is 0 Å². The zero-order valence-corrected chi connectivity index (χ0v) is 7.04. The average molecular weight is 190 g/mol. The van der Waals surface area contributed by atoms with Crippen LogP contribution in [0.4, 0.5) is 11.6 Å². The van der Waals surface area contributed by atoms with E-state index in [1.807, 2.05) is 0 Å². The minimum absolute atomic E-state index is 0.145. The quantitative estimate of drug-likeness (QED) is 0.732. The first-order chi connectivity index (χ1) is 6.84. The van der Waals surface area contributed by atoms with Crippen LogP contribution in [0.2, 0.25) is 0 Å². The molecule has 0 aliphatic heterocycles. The van der Waals surface area contributed by atoms with E-state index in [4.69, 9.17) is 0 Å². The highest BCUT2D eigenvalue weighted by Gasteiger charge is 1.95. The molecular weight excluding hydrogens is 184 g/mol. The molecule has 2 rings (SSSR count). The summed E-state index contributed by atoms with van der Waals surface area (Å²) in [6.45, 7) is 0. The summed E-state index contributed by atoms with van der Waals surface area (Å²) in [5.74, 6) is 0.145. The molecule has 0 atom stereocenters. The predicted octanol–water partition coefficient (Wildman–Crippen LogP) is 1.78. The monoisotopic (exact) mass is 190 g/mol. The smallest absolute Gasteiger partial charge is 0.282 e. The van der Waals surface area contributed by atoms with Gasteiger partial charge in [-0.2, -0.15) is 5.16 Å². The third-order valence-corrected chi connectivity index (χ3v) is 1.44. The molecule has 2 aromatic rings. The third kappa shape index (κ3) is 1.92. The molecule has 0 aliphatic carbocycles. The summed E-state index contributed by atoms with van der Waals surface area (Å²) in [5, 5.41) is 9.63. The summed E-state index contributed by atoms with van der Waals surface area (Å²) in [4.78, 5) is 14.5. The maximum Gasteiger partial charge on any atom is 0.282 e. The van der Waals surface area contributed by atoms with Crippen LogP contribution >= 0.6 is 0 Å². The van der Waals surface area contributed by atoms with Crippen molar-refractivity contribution in [2.45, 2.75) is 0 Å². The Balaban J connectivity index is 2.19. The maximum atomic E-state index is 10.6. The van der Waals surface area contributed by atoms with Crippen LogP contribution in [0.3, 0.4) is 0 Å². The van der Waals surface area contributed by atoms with E-state index < -0.39 is 0 Å². The van der Waals surface area contributed by atoms with Crippen molar-refractivity contribution in [1.82, 2.24) is 10.1 Å². The number of H-pyrrole nitrogens is 1. The van der Waals surface area contributed by atoms with E-state index in [9.17, 15) is 4.79 Å². The van der Waals surface area contributed by atoms with E-state index in [0.717, 1.165) is 0 Å². The highest BCUT2D eigenvalue weighted by molar-refractivity contribution is 5.33. The number of nitrogens with one attached hydrogen (secondary N) is 1. The van der Waals surface area contributed by atoms with Crippen LogP contribution in [0.15, 0.2) is 50.1 Å². The van der Waals surface area contributed by atoms with Crippen molar-refractivity contribution in [3.63, 3.8) is 0 Å². The van der Waals surface area contributed by atoms with Gasteiger partial charge in [-0.05, 0) is 12.1 Å². The largest absolute Gasteiger partial charge is 0.357 e. The van der Waals surface area contributed by atoms with Gasteiger partial charge in [-0.25, -0.2) is 0 Å². The van der Waals surface area contributed by atoms with Crippen LogP contribution in [0.5, 0.6) is 0 Å². The van der Waals surface area contributed by atoms with Gasteiger partial charge in [-0.15, -0.1) is 10.2 Å². The minimum Gasteiger partial charge on any atom is -0.357 e. The van der Waals surface area contributed by atoms with Crippen molar-refractivity contribution in [2.24, 2.45) is 10.2 Å². The Kier molecular flexibility index (Phi) is 2.18. The lowest BCUT2D eigenvalue weighted by atomic mass is 10.4. The molecule has 0 aliphatic rings. The SMILES string of the molecule is O=c1cc(N=Nc2ccncc2)o[nH]1. The number of nitrogens with zero attached hydrogens (tertiary/aromatic N) is 3. The fourth-order valence-corrected chi connectivity index (χ4v) is 0.841. The number of pyridine rings is 1. The highest BCUT2D eigenvalue weighted by Crippen LogP contribution is 2.14. The second kappa shape index (κ2) is 3.65. The molecule has 0 spiro atoms. The Morgan fingerprint density at radius 3 is 2.71 bits per heavy atom. The van der Waals surface area contributed by atoms with Gasteiger partial charge in [0, 0.05) is 12.4 Å². The fraction of sp³-hybridized carbons (Fsp3) is 0. The fourth-order valence-electron chi connectivity index (χ4n) is 0.841.